The Hall–Kier alpha value is -3.35. The normalized spacial score (nSPS) is 20.2. The molecule has 1 saturated carbocycles. The molecule has 168 valence electrons. The van der Waals surface area contributed by atoms with Crippen molar-refractivity contribution in [1.82, 2.24) is 10.6 Å². The zero-order chi connectivity index (χ0) is 22.7. The predicted octanol–water partition coefficient (Wildman–Crippen LogP) is 3.67. The molecule has 2 aliphatic carbocycles. The minimum absolute atomic E-state index is 0.0399. The van der Waals surface area contributed by atoms with Gasteiger partial charge in [-0.2, -0.15) is 0 Å². The van der Waals surface area contributed by atoms with Gasteiger partial charge in [0, 0.05) is 18.4 Å². The molecule has 2 aromatic rings. The van der Waals surface area contributed by atoms with Crippen molar-refractivity contribution in [2.75, 3.05) is 6.61 Å². The van der Waals surface area contributed by atoms with Gasteiger partial charge in [0.05, 0.1) is 0 Å². The van der Waals surface area contributed by atoms with Crippen LogP contribution in [-0.4, -0.2) is 41.8 Å². The van der Waals surface area contributed by atoms with Crippen LogP contribution < -0.4 is 10.6 Å². The lowest BCUT2D eigenvalue weighted by Gasteiger charge is -2.19. The maximum Gasteiger partial charge on any atom is 0.407 e. The largest absolute Gasteiger partial charge is 0.481 e. The molecule has 2 amide bonds. The number of benzene rings is 2. The fraction of sp³-hybridized carbons (Fsp3) is 0.400. The van der Waals surface area contributed by atoms with Crippen molar-refractivity contribution in [2.24, 2.45) is 5.92 Å². The number of aliphatic carboxylic acids is 1. The maximum atomic E-state index is 12.5. The Bertz CT molecular complexity index is 975. The van der Waals surface area contributed by atoms with Crippen molar-refractivity contribution < 1.29 is 24.2 Å². The average Bonchev–Trinajstić information content (AvgIpc) is 3.33. The summed E-state index contributed by atoms with van der Waals surface area (Å²) in [5, 5.41) is 14.4. The van der Waals surface area contributed by atoms with Crippen LogP contribution in [-0.2, 0) is 14.3 Å². The van der Waals surface area contributed by atoms with E-state index in [0.717, 1.165) is 35.1 Å². The minimum atomic E-state index is -0.813. The number of rotatable bonds is 7. The van der Waals surface area contributed by atoms with Gasteiger partial charge in [-0.1, -0.05) is 48.5 Å². The third kappa shape index (κ3) is 4.77. The minimum Gasteiger partial charge on any atom is -0.481 e. The zero-order valence-corrected chi connectivity index (χ0v) is 18.0. The lowest BCUT2D eigenvalue weighted by molar-refractivity contribution is -0.138. The summed E-state index contributed by atoms with van der Waals surface area (Å²) in [7, 11) is 0. The van der Waals surface area contributed by atoms with Gasteiger partial charge in [0.1, 0.15) is 12.6 Å². The molecular formula is C25H28N2O5. The third-order valence-corrected chi connectivity index (χ3v) is 6.42. The second-order valence-corrected chi connectivity index (χ2v) is 8.67. The van der Waals surface area contributed by atoms with Crippen molar-refractivity contribution in [3.8, 4) is 11.1 Å². The Morgan fingerprint density at radius 3 is 2.28 bits per heavy atom. The standard InChI is InChI=1S/C25H28N2O5/c1-15(24(30)27-17-11-10-16(12-17)13-23(28)29)26-25(31)32-14-22-20-8-4-2-6-18(20)19-7-3-5-9-21(19)22/h2-9,15-17,22H,10-14H2,1H3,(H,26,31)(H,27,30)(H,28,29)/t15?,16-,17+/m0/s1. The Balaban J connectivity index is 1.28. The van der Waals surface area contributed by atoms with Crippen LogP contribution in [0.2, 0.25) is 0 Å². The second-order valence-electron chi connectivity index (χ2n) is 8.67. The van der Waals surface area contributed by atoms with Crippen LogP contribution >= 0.6 is 0 Å². The van der Waals surface area contributed by atoms with Crippen LogP contribution in [0, 0.1) is 5.92 Å². The van der Waals surface area contributed by atoms with Crippen molar-refractivity contribution >= 4 is 18.0 Å². The first-order valence-corrected chi connectivity index (χ1v) is 11.1. The molecule has 1 unspecified atom stereocenters. The van der Waals surface area contributed by atoms with E-state index in [4.69, 9.17) is 9.84 Å². The fourth-order valence-electron chi connectivity index (χ4n) is 4.85. The Kier molecular flexibility index (Phi) is 6.44. The summed E-state index contributed by atoms with van der Waals surface area (Å²) in [5.41, 5.74) is 4.57. The first-order chi connectivity index (χ1) is 15.4. The summed E-state index contributed by atoms with van der Waals surface area (Å²) in [5.74, 6) is -1.06. The lowest BCUT2D eigenvalue weighted by Crippen LogP contribution is -2.47. The Morgan fingerprint density at radius 1 is 1.03 bits per heavy atom. The molecule has 2 aliphatic rings. The molecule has 2 aromatic carbocycles. The summed E-state index contributed by atoms with van der Waals surface area (Å²) in [6, 6.07) is 15.4. The quantitative estimate of drug-likeness (QED) is 0.614. The number of nitrogens with one attached hydrogen (secondary N) is 2. The number of carbonyl (C=O) groups excluding carboxylic acids is 2. The number of ether oxygens (including phenoxy) is 1. The number of alkyl carbamates (subject to hydrolysis) is 1. The van der Waals surface area contributed by atoms with Crippen LogP contribution in [0.4, 0.5) is 4.79 Å². The molecule has 7 heteroatoms. The molecule has 0 spiro atoms. The van der Waals surface area contributed by atoms with Crippen LogP contribution in [0.5, 0.6) is 0 Å². The topological polar surface area (TPSA) is 105 Å². The van der Waals surface area contributed by atoms with Crippen molar-refractivity contribution in [3.05, 3.63) is 59.7 Å². The van der Waals surface area contributed by atoms with E-state index in [-0.39, 0.29) is 36.8 Å². The molecule has 0 radical (unpaired) electrons. The summed E-state index contributed by atoms with van der Waals surface area (Å²) in [6.45, 7) is 1.80. The van der Waals surface area contributed by atoms with Gasteiger partial charge in [0.2, 0.25) is 5.91 Å². The van der Waals surface area contributed by atoms with E-state index in [0.29, 0.717) is 6.42 Å². The number of hydrogen-bond acceptors (Lipinski definition) is 4. The van der Waals surface area contributed by atoms with E-state index >= 15 is 0 Å². The predicted molar refractivity (Wildman–Crippen MR) is 119 cm³/mol. The molecule has 0 bridgehead atoms. The molecule has 32 heavy (non-hydrogen) atoms. The lowest BCUT2D eigenvalue weighted by atomic mass is 9.98. The molecule has 0 aromatic heterocycles. The van der Waals surface area contributed by atoms with Crippen molar-refractivity contribution in [2.45, 2.75) is 50.6 Å². The first-order valence-electron chi connectivity index (χ1n) is 11.1. The van der Waals surface area contributed by atoms with Crippen LogP contribution in [0.15, 0.2) is 48.5 Å². The van der Waals surface area contributed by atoms with Gasteiger partial charge in [0.15, 0.2) is 0 Å². The van der Waals surface area contributed by atoms with Crippen LogP contribution in [0.3, 0.4) is 0 Å². The number of fused-ring (bicyclic) bond motifs is 3. The number of carbonyl (C=O) groups is 3. The molecule has 7 nitrogen and oxygen atoms in total. The number of carboxylic acids is 1. The molecule has 3 N–H and O–H groups in total. The monoisotopic (exact) mass is 436 g/mol. The molecule has 0 aliphatic heterocycles. The summed E-state index contributed by atoms with van der Waals surface area (Å²) in [4.78, 5) is 35.7. The Labute approximate surface area is 187 Å². The summed E-state index contributed by atoms with van der Waals surface area (Å²) in [6.07, 6.45) is 1.67. The van der Waals surface area contributed by atoms with E-state index in [1.165, 1.54) is 0 Å². The highest BCUT2D eigenvalue weighted by molar-refractivity contribution is 5.85. The zero-order valence-electron chi connectivity index (χ0n) is 18.0. The first kappa shape index (κ1) is 21.9. The smallest absolute Gasteiger partial charge is 0.407 e. The summed E-state index contributed by atoms with van der Waals surface area (Å²) >= 11 is 0. The third-order valence-electron chi connectivity index (χ3n) is 6.42. The number of amides is 2. The van der Waals surface area contributed by atoms with E-state index in [9.17, 15) is 14.4 Å². The molecule has 0 saturated heterocycles. The summed E-state index contributed by atoms with van der Waals surface area (Å²) < 4.78 is 5.50. The molecule has 1 fully saturated rings. The molecule has 3 atom stereocenters. The van der Waals surface area contributed by atoms with Crippen molar-refractivity contribution in [1.29, 1.82) is 0 Å². The van der Waals surface area contributed by atoms with E-state index < -0.39 is 18.1 Å². The highest BCUT2D eigenvalue weighted by atomic mass is 16.5. The molecular weight excluding hydrogens is 408 g/mol. The fourth-order valence-corrected chi connectivity index (χ4v) is 4.85. The van der Waals surface area contributed by atoms with Gasteiger partial charge in [-0.25, -0.2) is 4.79 Å². The highest BCUT2D eigenvalue weighted by Crippen LogP contribution is 2.44. The average molecular weight is 437 g/mol. The SMILES string of the molecule is CC(NC(=O)OCC1c2ccccc2-c2ccccc21)C(=O)N[C@@H]1CC[C@H](CC(=O)O)C1. The van der Waals surface area contributed by atoms with E-state index in [1.807, 2.05) is 24.3 Å². The van der Waals surface area contributed by atoms with Crippen molar-refractivity contribution in [3.63, 3.8) is 0 Å². The molecule has 0 heterocycles. The number of carboxylic acid groups (broad SMARTS) is 1. The van der Waals surface area contributed by atoms with Gasteiger partial charge >= 0.3 is 12.1 Å². The van der Waals surface area contributed by atoms with Crippen LogP contribution in [0.1, 0.15) is 49.7 Å². The van der Waals surface area contributed by atoms with Crippen LogP contribution in [0.25, 0.3) is 11.1 Å². The van der Waals surface area contributed by atoms with Gasteiger partial charge in [0.25, 0.3) is 0 Å². The van der Waals surface area contributed by atoms with Gasteiger partial charge in [-0.3, -0.25) is 9.59 Å². The molecule has 4 rings (SSSR count). The maximum absolute atomic E-state index is 12.5. The highest BCUT2D eigenvalue weighted by Gasteiger charge is 2.31. The van der Waals surface area contributed by atoms with Gasteiger partial charge in [-0.15, -0.1) is 0 Å². The van der Waals surface area contributed by atoms with E-state index in [1.54, 1.807) is 6.92 Å². The number of hydrogen-bond donors (Lipinski definition) is 3. The van der Waals surface area contributed by atoms with Gasteiger partial charge < -0.3 is 20.5 Å². The second kappa shape index (κ2) is 9.42. The van der Waals surface area contributed by atoms with Gasteiger partial charge in [-0.05, 0) is 54.4 Å². The van der Waals surface area contributed by atoms with E-state index in [2.05, 4.69) is 34.9 Å². The Morgan fingerprint density at radius 2 is 1.66 bits per heavy atom.